The van der Waals surface area contributed by atoms with Crippen molar-refractivity contribution < 1.29 is 18.1 Å². The van der Waals surface area contributed by atoms with Gasteiger partial charge in [0.2, 0.25) is 0 Å². The van der Waals surface area contributed by atoms with Crippen molar-refractivity contribution in [1.29, 1.82) is 0 Å². The van der Waals surface area contributed by atoms with Gasteiger partial charge in [-0.3, -0.25) is 0 Å². The third-order valence-corrected chi connectivity index (χ3v) is 4.52. The Morgan fingerprint density at radius 1 is 1.14 bits per heavy atom. The molecule has 1 atom stereocenters. The summed E-state index contributed by atoms with van der Waals surface area (Å²) in [5.74, 6) is 0. The standard InChI is InChI=1S/C17H23BF2O2/c1-16(2)17(3,12-7-10-15(19)20)22-18(21-16)13-11-14-8-5-4-6-9-14/h4-6,8-10H,7,11-13H2,1-3H3. The number of halogens is 2. The molecule has 1 aliphatic rings. The molecule has 0 aliphatic carbocycles. The van der Waals surface area contributed by atoms with Crippen molar-refractivity contribution in [2.24, 2.45) is 0 Å². The monoisotopic (exact) mass is 308 g/mol. The van der Waals surface area contributed by atoms with E-state index in [4.69, 9.17) is 9.31 Å². The van der Waals surface area contributed by atoms with E-state index in [2.05, 4.69) is 12.1 Å². The van der Waals surface area contributed by atoms with Gasteiger partial charge in [-0.25, -0.2) is 0 Å². The van der Waals surface area contributed by atoms with Crippen LogP contribution in [0.4, 0.5) is 8.78 Å². The number of hydrogen-bond acceptors (Lipinski definition) is 2. The van der Waals surface area contributed by atoms with Crippen molar-refractivity contribution in [2.75, 3.05) is 0 Å². The van der Waals surface area contributed by atoms with E-state index in [1.54, 1.807) is 0 Å². The summed E-state index contributed by atoms with van der Waals surface area (Å²) in [6.45, 7) is 5.87. The molecule has 0 radical (unpaired) electrons. The molecule has 2 rings (SSSR count). The zero-order valence-electron chi connectivity index (χ0n) is 13.4. The maximum atomic E-state index is 12.2. The SMILES string of the molecule is CC1(C)OB(CCc2ccccc2)OC1(C)CCC=C(F)F. The van der Waals surface area contributed by atoms with Crippen molar-refractivity contribution in [2.45, 2.75) is 57.6 Å². The fourth-order valence-corrected chi connectivity index (χ4v) is 2.77. The number of allylic oxidation sites excluding steroid dienone is 1. The van der Waals surface area contributed by atoms with Gasteiger partial charge in [0.25, 0.3) is 6.08 Å². The van der Waals surface area contributed by atoms with Crippen LogP contribution in [-0.2, 0) is 15.7 Å². The van der Waals surface area contributed by atoms with Gasteiger partial charge in [0, 0.05) is 0 Å². The summed E-state index contributed by atoms with van der Waals surface area (Å²) in [5, 5.41) is 0. The van der Waals surface area contributed by atoms with Crippen molar-refractivity contribution >= 4 is 7.12 Å². The van der Waals surface area contributed by atoms with E-state index < -0.39 is 17.3 Å². The molecule has 22 heavy (non-hydrogen) atoms. The van der Waals surface area contributed by atoms with Crippen LogP contribution in [0.1, 0.15) is 39.2 Å². The first-order valence-electron chi connectivity index (χ1n) is 7.73. The van der Waals surface area contributed by atoms with Gasteiger partial charge in [-0.1, -0.05) is 30.3 Å². The van der Waals surface area contributed by atoms with Gasteiger partial charge < -0.3 is 9.31 Å². The first-order valence-corrected chi connectivity index (χ1v) is 7.73. The lowest BCUT2D eigenvalue weighted by atomic mass is 9.81. The molecule has 1 heterocycles. The second-order valence-corrected chi connectivity index (χ2v) is 6.46. The molecule has 1 unspecified atom stereocenters. The van der Waals surface area contributed by atoms with Crippen LogP contribution in [0.25, 0.3) is 0 Å². The maximum Gasteiger partial charge on any atom is 0.458 e. The minimum atomic E-state index is -1.64. The Morgan fingerprint density at radius 3 is 2.45 bits per heavy atom. The number of hydrogen-bond donors (Lipinski definition) is 0. The predicted molar refractivity (Wildman–Crippen MR) is 84.9 cm³/mol. The van der Waals surface area contributed by atoms with E-state index in [1.807, 2.05) is 39.0 Å². The minimum Gasteiger partial charge on any atom is -0.403 e. The van der Waals surface area contributed by atoms with Crippen LogP contribution in [0.2, 0.25) is 6.32 Å². The Morgan fingerprint density at radius 2 is 1.82 bits per heavy atom. The second kappa shape index (κ2) is 6.92. The highest BCUT2D eigenvalue weighted by Gasteiger charge is 2.52. The normalized spacial score (nSPS) is 23.6. The van der Waals surface area contributed by atoms with Gasteiger partial charge in [-0.2, -0.15) is 8.78 Å². The molecule has 1 saturated heterocycles. The number of aryl methyl sites for hydroxylation is 1. The van der Waals surface area contributed by atoms with E-state index in [9.17, 15) is 8.78 Å². The lowest BCUT2D eigenvalue weighted by molar-refractivity contribution is -0.0149. The Hall–Kier alpha value is -1.20. The summed E-state index contributed by atoms with van der Waals surface area (Å²) in [4.78, 5) is 0. The predicted octanol–water partition coefficient (Wildman–Crippen LogP) is 4.86. The molecule has 1 fully saturated rings. The fourth-order valence-electron chi connectivity index (χ4n) is 2.77. The molecule has 0 spiro atoms. The Labute approximate surface area is 131 Å². The summed E-state index contributed by atoms with van der Waals surface area (Å²) >= 11 is 0. The van der Waals surface area contributed by atoms with Gasteiger partial charge in [-0.15, -0.1) is 0 Å². The summed E-state index contributed by atoms with van der Waals surface area (Å²) in [6, 6.07) is 10.2. The molecule has 0 bridgehead atoms. The van der Waals surface area contributed by atoms with Crippen LogP contribution in [0.3, 0.4) is 0 Å². The summed E-state index contributed by atoms with van der Waals surface area (Å²) < 4.78 is 36.5. The van der Waals surface area contributed by atoms with Crippen LogP contribution < -0.4 is 0 Å². The fraction of sp³-hybridized carbons (Fsp3) is 0.529. The molecule has 0 amide bonds. The summed E-state index contributed by atoms with van der Waals surface area (Å²) in [5.41, 5.74) is 0.193. The highest BCUT2D eigenvalue weighted by atomic mass is 19.3. The third-order valence-electron chi connectivity index (χ3n) is 4.52. The Balaban J connectivity index is 1.92. The molecular formula is C17H23BF2O2. The van der Waals surface area contributed by atoms with E-state index in [0.717, 1.165) is 18.8 Å². The highest BCUT2D eigenvalue weighted by molar-refractivity contribution is 6.45. The average molecular weight is 308 g/mol. The molecule has 5 heteroatoms. The Bertz CT molecular complexity index is 515. The Kier molecular flexibility index (Phi) is 5.40. The zero-order chi connectivity index (χ0) is 16.2. The maximum absolute atomic E-state index is 12.2. The topological polar surface area (TPSA) is 18.5 Å². The molecule has 1 aromatic rings. The van der Waals surface area contributed by atoms with Crippen LogP contribution in [0, 0.1) is 0 Å². The molecule has 0 saturated carbocycles. The van der Waals surface area contributed by atoms with Gasteiger partial charge in [0.15, 0.2) is 0 Å². The first kappa shape index (κ1) is 17.2. The number of rotatable bonds is 6. The van der Waals surface area contributed by atoms with Crippen LogP contribution in [0.5, 0.6) is 0 Å². The first-order chi connectivity index (χ1) is 10.3. The molecule has 2 nitrogen and oxygen atoms in total. The third kappa shape index (κ3) is 4.17. The van der Waals surface area contributed by atoms with E-state index in [-0.39, 0.29) is 13.5 Å². The molecule has 0 N–H and O–H groups in total. The smallest absolute Gasteiger partial charge is 0.403 e. The molecular weight excluding hydrogens is 285 g/mol. The van der Waals surface area contributed by atoms with Gasteiger partial charge in [0.1, 0.15) is 0 Å². The van der Waals surface area contributed by atoms with E-state index in [0.29, 0.717) is 6.42 Å². The lowest BCUT2D eigenvalue weighted by Crippen LogP contribution is -2.44. The van der Waals surface area contributed by atoms with Gasteiger partial charge in [-0.05, 0) is 58.0 Å². The van der Waals surface area contributed by atoms with Crippen molar-refractivity contribution in [1.82, 2.24) is 0 Å². The zero-order valence-corrected chi connectivity index (χ0v) is 13.4. The van der Waals surface area contributed by atoms with Crippen LogP contribution >= 0.6 is 0 Å². The van der Waals surface area contributed by atoms with E-state index in [1.165, 1.54) is 5.56 Å². The molecule has 1 aliphatic heterocycles. The van der Waals surface area contributed by atoms with Gasteiger partial charge >= 0.3 is 7.12 Å². The largest absolute Gasteiger partial charge is 0.458 e. The number of benzene rings is 1. The van der Waals surface area contributed by atoms with Crippen LogP contribution in [-0.4, -0.2) is 18.3 Å². The average Bonchev–Trinajstić information content (AvgIpc) is 2.67. The molecule has 0 aromatic heterocycles. The van der Waals surface area contributed by atoms with Crippen LogP contribution in [0.15, 0.2) is 42.5 Å². The lowest BCUT2D eigenvalue weighted by Gasteiger charge is -2.36. The summed E-state index contributed by atoms with van der Waals surface area (Å²) in [7, 11) is -0.292. The van der Waals surface area contributed by atoms with Crippen molar-refractivity contribution in [3.8, 4) is 0 Å². The molecule has 1 aromatic carbocycles. The molecule has 120 valence electrons. The highest BCUT2D eigenvalue weighted by Crippen LogP contribution is 2.41. The van der Waals surface area contributed by atoms with Crippen molar-refractivity contribution in [3.63, 3.8) is 0 Å². The quantitative estimate of drug-likeness (QED) is 0.699. The van der Waals surface area contributed by atoms with Crippen molar-refractivity contribution in [3.05, 3.63) is 48.1 Å². The van der Waals surface area contributed by atoms with Gasteiger partial charge in [0.05, 0.1) is 11.2 Å². The second-order valence-electron chi connectivity index (χ2n) is 6.46. The van der Waals surface area contributed by atoms with E-state index >= 15 is 0 Å². The summed E-state index contributed by atoms with van der Waals surface area (Å²) in [6.07, 6.45) is 1.74. The minimum absolute atomic E-state index is 0.289.